The van der Waals surface area contributed by atoms with E-state index in [-0.39, 0.29) is 23.3 Å². The van der Waals surface area contributed by atoms with Gasteiger partial charge in [0, 0.05) is 38.5 Å². The van der Waals surface area contributed by atoms with E-state index < -0.39 is 0 Å². The molecule has 164 valence electrons. The first-order valence-electron chi connectivity index (χ1n) is 10.7. The summed E-state index contributed by atoms with van der Waals surface area (Å²) in [7, 11) is 1.87. The predicted octanol–water partition coefficient (Wildman–Crippen LogP) is 3.20. The number of rotatable bonds is 8. The first-order valence-corrected chi connectivity index (χ1v) is 11.7. The van der Waals surface area contributed by atoms with Crippen molar-refractivity contribution in [1.82, 2.24) is 19.4 Å². The Kier molecular flexibility index (Phi) is 6.77. The van der Waals surface area contributed by atoms with Crippen LogP contribution in [0.25, 0.3) is 22.2 Å². The van der Waals surface area contributed by atoms with Gasteiger partial charge in [-0.3, -0.25) is 14.2 Å². The highest BCUT2D eigenvalue weighted by atomic mass is 32.2. The largest absolute Gasteiger partial charge is 0.376 e. The molecule has 0 bridgehead atoms. The van der Waals surface area contributed by atoms with Crippen LogP contribution in [-0.2, 0) is 23.1 Å². The minimum atomic E-state index is -0.0748. The summed E-state index contributed by atoms with van der Waals surface area (Å²) in [5, 5.41) is 3.51. The lowest BCUT2D eigenvalue weighted by Gasteiger charge is -2.13. The number of benzene rings is 1. The summed E-state index contributed by atoms with van der Waals surface area (Å²) in [4.78, 5) is 30.6. The Bertz CT molecular complexity index is 1120. The van der Waals surface area contributed by atoms with Crippen LogP contribution in [0.4, 0.5) is 0 Å². The van der Waals surface area contributed by atoms with Crippen molar-refractivity contribution in [3.8, 4) is 11.1 Å². The van der Waals surface area contributed by atoms with Crippen molar-refractivity contribution in [2.45, 2.75) is 44.0 Å². The topological polar surface area (TPSA) is 78.2 Å². The summed E-state index contributed by atoms with van der Waals surface area (Å²) in [6, 6.07) is 9.94. The highest BCUT2D eigenvalue weighted by Gasteiger charge is 2.20. The number of fused-ring (bicyclic) bond motifs is 1. The Labute approximate surface area is 185 Å². The summed E-state index contributed by atoms with van der Waals surface area (Å²) in [5.74, 6) is 0.135. The second kappa shape index (κ2) is 9.70. The van der Waals surface area contributed by atoms with E-state index in [4.69, 9.17) is 9.72 Å². The molecule has 0 aliphatic carbocycles. The summed E-state index contributed by atoms with van der Waals surface area (Å²) in [6.45, 7) is 3.89. The molecule has 1 aromatic carbocycles. The van der Waals surface area contributed by atoms with Gasteiger partial charge in [-0.15, -0.1) is 0 Å². The average molecular weight is 441 g/mol. The van der Waals surface area contributed by atoms with Gasteiger partial charge in [-0.1, -0.05) is 49.0 Å². The molecular formula is C23H28N4O3S. The zero-order valence-corrected chi connectivity index (χ0v) is 18.8. The number of hydrogen-bond acceptors (Lipinski definition) is 5. The fourth-order valence-electron chi connectivity index (χ4n) is 3.92. The lowest BCUT2D eigenvalue weighted by Crippen LogP contribution is -2.33. The molecule has 1 amide bonds. The number of amides is 1. The first kappa shape index (κ1) is 21.6. The molecule has 7 nitrogen and oxygen atoms in total. The number of aromatic nitrogens is 3. The minimum absolute atomic E-state index is 0.0706. The van der Waals surface area contributed by atoms with E-state index in [9.17, 15) is 9.59 Å². The Morgan fingerprint density at radius 3 is 2.84 bits per heavy atom. The fraction of sp³-hybridized carbons (Fsp3) is 0.435. The zero-order chi connectivity index (χ0) is 21.8. The van der Waals surface area contributed by atoms with Crippen molar-refractivity contribution in [2.75, 3.05) is 18.9 Å². The molecule has 1 N–H and O–H groups in total. The van der Waals surface area contributed by atoms with Crippen molar-refractivity contribution >= 4 is 28.7 Å². The lowest BCUT2D eigenvalue weighted by molar-refractivity contribution is -0.119. The van der Waals surface area contributed by atoms with Crippen molar-refractivity contribution < 1.29 is 9.53 Å². The van der Waals surface area contributed by atoms with Gasteiger partial charge in [0.2, 0.25) is 5.91 Å². The molecule has 8 heteroatoms. The Balaban J connectivity index is 1.62. The normalized spacial score (nSPS) is 16.1. The van der Waals surface area contributed by atoms with Crippen LogP contribution in [0.15, 0.2) is 46.5 Å². The van der Waals surface area contributed by atoms with E-state index in [1.165, 1.54) is 11.8 Å². The molecule has 1 saturated heterocycles. The third kappa shape index (κ3) is 4.70. The van der Waals surface area contributed by atoms with E-state index in [2.05, 4.69) is 5.32 Å². The molecule has 2 aromatic heterocycles. The van der Waals surface area contributed by atoms with E-state index in [1.807, 2.05) is 55.1 Å². The Hall–Kier alpha value is -2.58. The van der Waals surface area contributed by atoms with E-state index in [0.717, 1.165) is 37.0 Å². The van der Waals surface area contributed by atoms with Crippen molar-refractivity contribution in [2.24, 2.45) is 7.05 Å². The van der Waals surface area contributed by atoms with Gasteiger partial charge in [-0.2, -0.15) is 0 Å². The molecule has 1 fully saturated rings. The van der Waals surface area contributed by atoms with Crippen LogP contribution >= 0.6 is 11.8 Å². The van der Waals surface area contributed by atoms with Crippen LogP contribution in [0.1, 0.15) is 26.2 Å². The number of nitrogens with zero attached hydrogens (tertiary/aromatic N) is 3. The first-order chi connectivity index (χ1) is 15.1. The van der Waals surface area contributed by atoms with Gasteiger partial charge in [0.25, 0.3) is 5.56 Å². The number of thioether (sulfide) groups is 1. The Morgan fingerprint density at radius 2 is 2.13 bits per heavy atom. The Morgan fingerprint density at radius 1 is 1.32 bits per heavy atom. The molecule has 3 aromatic rings. The van der Waals surface area contributed by atoms with Gasteiger partial charge in [-0.05, 0) is 24.8 Å². The third-order valence-corrected chi connectivity index (χ3v) is 6.43. The molecule has 3 heterocycles. The molecule has 4 rings (SSSR count). The van der Waals surface area contributed by atoms with Crippen LogP contribution in [-0.4, -0.2) is 45.0 Å². The molecule has 0 spiro atoms. The second-order valence-corrected chi connectivity index (χ2v) is 8.74. The van der Waals surface area contributed by atoms with E-state index in [1.54, 1.807) is 4.57 Å². The minimum Gasteiger partial charge on any atom is -0.376 e. The smallest absolute Gasteiger partial charge is 0.278 e. The summed E-state index contributed by atoms with van der Waals surface area (Å²) in [5.41, 5.74) is 3.12. The van der Waals surface area contributed by atoms with E-state index >= 15 is 0 Å². The van der Waals surface area contributed by atoms with Crippen LogP contribution < -0.4 is 10.9 Å². The average Bonchev–Trinajstić information content (AvgIpc) is 3.41. The highest BCUT2D eigenvalue weighted by molar-refractivity contribution is 7.99. The molecular weight excluding hydrogens is 412 g/mol. The van der Waals surface area contributed by atoms with Gasteiger partial charge in [-0.25, -0.2) is 4.98 Å². The molecule has 0 saturated carbocycles. The molecule has 0 radical (unpaired) electrons. The number of carbonyl (C=O) groups excluding carboxylic acids is 1. The molecule has 1 aliphatic heterocycles. The van der Waals surface area contributed by atoms with Crippen LogP contribution in [0.2, 0.25) is 0 Å². The van der Waals surface area contributed by atoms with Gasteiger partial charge in [0.1, 0.15) is 11.0 Å². The fourth-order valence-corrected chi connectivity index (χ4v) is 4.77. The van der Waals surface area contributed by atoms with Crippen LogP contribution in [0.5, 0.6) is 0 Å². The molecule has 31 heavy (non-hydrogen) atoms. The maximum Gasteiger partial charge on any atom is 0.278 e. The maximum absolute atomic E-state index is 13.3. The van der Waals surface area contributed by atoms with Gasteiger partial charge < -0.3 is 14.6 Å². The van der Waals surface area contributed by atoms with Crippen molar-refractivity contribution in [1.29, 1.82) is 0 Å². The zero-order valence-electron chi connectivity index (χ0n) is 18.0. The standard InChI is InChI=1S/C23H28N4O3S/c1-3-11-27-22(29)21-20(18(14-26(21)2)16-8-5-4-6-9-16)25-23(27)31-15-19(28)24-13-17-10-7-12-30-17/h4-6,8-9,14,17H,3,7,10-13,15H2,1-2H3,(H,24,28)/t17-/m1/s1. The number of carbonyl (C=O) groups is 1. The van der Waals surface area contributed by atoms with Crippen molar-refractivity contribution in [3.63, 3.8) is 0 Å². The van der Waals surface area contributed by atoms with Crippen LogP contribution in [0.3, 0.4) is 0 Å². The van der Waals surface area contributed by atoms with Crippen LogP contribution in [0, 0.1) is 0 Å². The third-order valence-electron chi connectivity index (χ3n) is 5.46. The van der Waals surface area contributed by atoms with Crippen molar-refractivity contribution in [3.05, 3.63) is 46.9 Å². The highest BCUT2D eigenvalue weighted by Crippen LogP contribution is 2.29. The summed E-state index contributed by atoms with van der Waals surface area (Å²) in [6.07, 6.45) is 4.90. The molecule has 1 aliphatic rings. The number of aryl methyl sites for hydroxylation is 1. The number of ether oxygens (including phenoxy) is 1. The van der Waals surface area contributed by atoms with E-state index in [0.29, 0.717) is 29.3 Å². The summed E-state index contributed by atoms with van der Waals surface area (Å²) >= 11 is 1.31. The summed E-state index contributed by atoms with van der Waals surface area (Å²) < 4.78 is 9.10. The lowest BCUT2D eigenvalue weighted by atomic mass is 10.1. The monoisotopic (exact) mass is 440 g/mol. The molecule has 1 atom stereocenters. The number of hydrogen-bond donors (Lipinski definition) is 1. The van der Waals surface area contributed by atoms with Gasteiger partial charge in [0.15, 0.2) is 5.16 Å². The number of nitrogens with one attached hydrogen (secondary N) is 1. The maximum atomic E-state index is 13.3. The molecule has 0 unspecified atom stereocenters. The quantitative estimate of drug-likeness (QED) is 0.430. The van der Waals surface area contributed by atoms with Gasteiger partial charge >= 0.3 is 0 Å². The second-order valence-electron chi connectivity index (χ2n) is 7.80. The SMILES string of the molecule is CCCn1c(SCC(=O)NC[C@H]2CCCO2)nc2c(-c3ccccc3)cn(C)c2c1=O. The predicted molar refractivity (Wildman–Crippen MR) is 123 cm³/mol. The van der Waals surface area contributed by atoms with Gasteiger partial charge in [0.05, 0.1) is 11.9 Å².